The van der Waals surface area contributed by atoms with Crippen molar-refractivity contribution in [3.8, 4) is 5.75 Å². The summed E-state index contributed by atoms with van der Waals surface area (Å²) < 4.78 is 6.10. The summed E-state index contributed by atoms with van der Waals surface area (Å²) in [6.07, 6.45) is 7.18. The second-order valence-electron chi connectivity index (χ2n) is 11.4. The summed E-state index contributed by atoms with van der Waals surface area (Å²) >= 11 is 0. The van der Waals surface area contributed by atoms with E-state index >= 15 is 0 Å². The number of ether oxygens (including phenoxy) is 1. The highest BCUT2D eigenvalue weighted by Gasteiger charge is 2.18. The molecule has 4 rings (SSSR count). The molecular weight excluding hydrogens is 454 g/mol. The molecule has 1 aliphatic heterocycles. The largest absolute Gasteiger partial charge is 0.488 e. The first kappa shape index (κ1) is 27.2. The number of hydrogen-bond acceptors (Lipinski definition) is 3. The molecule has 0 saturated carbocycles. The minimum absolute atomic E-state index is 0.144. The normalized spacial score (nSPS) is 15.1. The van der Waals surface area contributed by atoms with Crippen LogP contribution < -0.4 is 4.74 Å². The van der Waals surface area contributed by atoms with Crippen LogP contribution in [0.3, 0.4) is 0 Å². The van der Waals surface area contributed by atoms with Crippen LogP contribution in [0, 0.1) is 0 Å². The summed E-state index contributed by atoms with van der Waals surface area (Å²) in [6.45, 7) is 9.37. The van der Waals surface area contributed by atoms with E-state index < -0.39 is 0 Å². The number of para-hydroxylation sites is 1. The van der Waals surface area contributed by atoms with E-state index in [1.807, 2.05) is 6.07 Å². The molecule has 0 fully saturated rings. The molecule has 3 nitrogen and oxygen atoms in total. The number of fused-ring (bicyclic) bond motifs is 2. The maximum Gasteiger partial charge on any atom is 0.127 e. The second-order valence-corrected chi connectivity index (χ2v) is 11.4. The highest BCUT2D eigenvalue weighted by Crippen LogP contribution is 2.36. The molecule has 1 N–H and O–H groups in total. The molecular formula is C34H43NO2. The highest BCUT2D eigenvalue weighted by atomic mass is 16.5. The number of aliphatic hydroxyl groups excluding tert-OH is 1. The monoisotopic (exact) mass is 497 g/mol. The van der Waals surface area contributed by atoms with E-state index in [1.165, 1.54) is 27.8 Å². The maximum atomic E-state index is 10.6. The third-order valence-electron chi connectivity index (χ3n) is 7.41. The Labute approximate surface area is 223 Å². The van der Waals surface area contributed by atoms with Gasteiger partial charge in [0.2, 0.25) is 0 Å². The van der Waals surface area contributed by atoms with Crippen LogP contribution in [0.2, 0.25) is 0 Å². The molecule has 1 unspecified atom stereocenters. The van der Waals surface area contributed by atoms with E-state index in [-0.39, 0.29) is 11.5 Å². The lowest BCUT2D eigenvalue weighted by Crippen LogP contribution is -2.20. The number of hydrogen-bond donors (Lipinski definition) is 1. The molecule has 1 aliphatic rings. The summed E-state index contributed by atoms with van der Waals surface area (Å²) in [5.41, 5.74) is 7.47. The van der Waals surface area contributed by atoms with Crippen LogP contribution in [-0.4, -0.2) is 30.1 Å². The van der Waals surface area contributed by atoms with Crippen molar-refractivity contribution in [1.82, 2.24) is 4.90 Å². The van der Waals surface area contributed by atoms with Gasteiger partial charge >= 0.3 is 0 Å². The van der Waals surface area contributed by atoms with Crippen molar-refractivity contribution < 1.29 is 9.84 Å². The third-order valence-corrected chi connectivity index (χ3v) is 7.41. The van der Waals surface area contributed by atoms with Gasteiger partial charge in [0.25, 0.3) is 0 Å². The Kier molecular flexibility index (Phi) is 9.23. The van der Waals surface area contributed by atoms with Gasteiger partial charge in [0, 0.05) is 12.1 Å². The molecule has 0 aliphatic carbocycles. The van der Waals surface area contributed by atoms with Crippen molar-refractivity contribution in [1.29, 1.82) is 0 Å². The molecule has 37 heavy (non-hydrogen) atoms. The highest BCUT2D eigenvalue weighted by molar-refractivity contribution is 5.84. The van der Waals surface area contributed by atoms with Gasteiger partial charge in [-0.05, 0) is 72.2 Å². The van der Waals surface area contributed by atoms with Crippen molar-refractivity contribution in [3.05, 3.63) is 107 Å². The smallest absolute Gasteiger partial charge is 0.127 e. The first-order chi connectivity index (χ1) is 17.8. The van der Waals surface area contributed by atoms with E-state index in [9.17, 15) is 5.11 Å². The average molecular weight is 498 g/mol. The second kappa shape index (κ2) is 12.6. The summed E-state index contributed by atoms with van der Waals surface area (Å²) in [4.78, 5) is 2.42. The zero-order valence-corrected chi connectivity index (χ0v) is 23.0. The lowest BCUT2D eigenvalue weighted by Gasteiger charge is -2.20. The lowest BCUT2D eigenvalue weighted by atomic mass is 9.86. The van der Waals surface area contributed by atoms with E-state index in [4.69, 9.17) is 4.74 Å². The number of nitrogens with zero attached hydrogens (tertiary/aromatic N) is 1. The zero-order valence-electron chi connectivity index (χ0n) is 23.0. The Balaban J connectivity index is 1.22. The standard InChI is InChI=1S/C34H43NO2/c1-34(2,3)28-21-19-26(20-22-28)32(36)17-6-5-11-23-35(4)24-12-16-30-29-14-8-7-13-27(29)25-37-33-18-10-9-15-31(30)33/h7-10,13-16,18-22,32,36H,5-6,11-12,17,23-25H2,1-4H3/b30-16-. The fraction of sp³-hybridized carbons (Fsp3) is 0.412. The summed E-state index contributed by atoms with van der Waals surface area (Å²) in [5.74, 6) is 0.964. The Morgan fingerprint density at radius 1 is 0.865 bits per heavy atom. The molecule has 3 aromatic carbocycles. The molecule has 0 spiro atoms. The molecule has 196 valence electrons. The number of aliphatic hydroxyl groups is 1. The minimum atomic E-state index is -0.368. The maximum absolute atomic E-state index is 10.6. The molecule has 1 atom stereocenters. The van der Waals surface area contributed by atoms with Crippen LogP contribution in [0.1, 0.15) is 86.8 Å². The van der Waals surface area contributed by atoms with E-state index in [2.05, 4.69) is 106 Å². The predicted octanol–water partition coefficient (Wildman–Crippen LogP) is 7.92. The van der Waals surface area contributed by atoms with Gasteiger partial charge in [0.1, 0.15) is 12.4 Å². The molecule has 3 heteroatoms. The van der Waals surface area contributed by atoms with Crippen LogP contribution >= 0.6 is 0 Å². The Hall–Kier alpha value is -2.88. The van der Waals surface area contributed by atoms with Crippen LogP contribution in [0.5, 0.6) is 5.75 Å². The molecule has 0 amide bonds. The molecule has 0 bridgehead atoms. The van der Waals surface area contributed by atoms with Gasteiger partial charge in [-0.3, -0.25) is 0 Å². The fourth-order valence-corrected chi connectivity index (χ4v) is 5.05. The average Bonchev–Trinajstić information content (AvgIpc) is 3.05. The van der Waals surface area contributed by atoms with Crippen LogP contribution in [0.25, 0.3) is 5.57 Å². The van der Waals surface area contributed by atoms with Gasteiger partial charge in [-0.1, -0.05) is 106 Å². The van der Waals surface area contributed by atoms with Gasteiger partial charge in [-0.25, -0.2) is 0 Å². The zero-order chi connectivity index (χ0) is 26.3. The quantitative estimate of drug-likeness (QED) is 0.289. The Bertz CT molecular complexity index is 1120. The van der Waals surface area contributed by atoms with Crippen LogP contribution in [0.15, 0.2) is 78.9 Å². The third kappa shape index (κ3) is 7.34. The minimum Gasteiger partial charge on any atom is -0.488 e. The van der Waals surface area contributed by atoms with Gasteiger partial charge < -0.3 is 14.7 Å². The van der Waals surface area contributed by atoms with Crippen molar-refractivity contribution in [2.24, 2.45) is 0 Å². The van der Waals surface area contributed by atoms with Crippen molar-refractivity contribution in [3.63, 3.8) is 0 Å². The number of unbranched alkanes of at least 4 members (excludes halogenated alkanes) is 2. The van der Waals surface area contributed by atoms with E-state index in [1.54, 1.807) is 0 Å². The first-order valence-corrected chi connectivity index (χ1v) is 13.8. The molecule has 0 radical (unpaired) electrons. The topological polar surface area (TPSA) is 32.7 Å². The first-order valence-electron chi connectivity index (χ1n) is 13.8. The summed E-state index contributed by atoms with van der Waals surface area (Å²) in [5, 5.41) is 10.6. The van der Waals surface area contributed by atoms with Crippen molar-refractivity contribution >= 4 is 5.57 Å². The predicted molar refractivity (Wildman–Crippen MR) is 155 cm³/mol. The number of benzene rings is 3. The van der Waals surface area contributed by atoms with E-state index in [0.717, 1.165) is 56.5 Å². The summed E-state index contributed by atoms with van der Waals surface area (Å²) in [6, 6.07) is 25.4. The van der Waals surface area contributed by atoms with Crippen molar-refractivity contribution in [2.45, 2.75) is 71.0 Å². The van der Waals surface area contributed by atoms with Crippen LogP contribution in [-0.2, 0) is 12.0 Å². The van der Waals surface area contributed by atoms with Gasteiger partial charge in [-0.2, -0.15) is 0 Å². The van der Waals surface area contributed by atoms with Gasteiger partial charge in [-0.15, -0.1) is 0 Å². The Morgan fingerprint density at radius 3 is 2.32 bits per heavy atom. The lowest BCUT2D eigenvalue weighted by molar-refractivity contribution is 0.162. The molecule has 3 aromatic rings. The van der Waals surface area contributed by atoms with Crippen LogP contribution in [0.4, 0.5) is 0 Å². The summed E-state index contributed by atoms with van der Waals surface area (Å²) in [7, 11) is 2.21. The fourth-order valence-electron chi connectivity index (χ4n) is 5.05. The van der Waals surface area contributed by atoms with Crippen molar-refractivity contribution in [2.75, 3.05) is 20.1 Å². The van der Waals surface area contributed by atoms with Gasteiger partial charge in [0.15, 0.2) is 0 Å². The molecule has 0 aromatic heterocycles. The molecule has 0 saturated heterocycles. The Morgan fingerprint density at radius 2 is 1.57 bits per heavy atom. The molecule has 1 heterocycles. The van der Waals surface area contributed by atoms with E-state index in [0.29, 0.717) is 6.61 Å². The van der Waals surface area contributed by atoms with Gasteiger partial charge in [0.05, 0.1) is 6.10 Å². The number of rotatable bonds is 10. The SMILES string of the molecule is CN(CC/C=C1/c2ccccc2COc2ccccc21)CCCCCC(O)c1ccc(C(C)(C)C)cc1.